The van der Waals surface area contributed by atoms with Crippen molar-refractivity contribution in [3.8, 4) is 11.5 Å². The molecule has 3 heteroatoms. The minimum atomic E-state index is -0.111. The van der Waals surface area contributed by atoms with Crippen LogP contribution in [0.15, 0.2) is 18.2 Å². The molecule has 1 aromatic rings. The van der Waals surface area contributed by atoms with E-state index >= 15 is 0 Å². The number of unbranched alkanes of at least 4 members (excludes halogenated alkanes) is 2. The molecule has 0 saturated heterocycles. The number of phenols is 2. The minimum absolute atomic E-state index is 0.0765. The zero-order chi connectivity index (χ0) is 15.0. The van der Waals surface area contributed by atoms with Crippen LogP contribution in [-0.4, -0.2) is 16.0 Å². The van der Waals surface area contributed by atoms with E-state index in [0.29, 0.717) is 18.4 Å². The van der Waals surface area contributed by atoms with Gasteiger partial charge in [0.05, 0.1) is 0 Å². The van der Waals surface area contributed by atoms with Gasteiger partial charge in [-0.05, 0) is 30.5 Å². The van der Waals surface area contributed by atoms with Gasteiger partial charge >= 0.3 is 0 Å². The quantitative estimate of drug-likeness (QED) is 0.425. The molecule has 0 aliphatic rings. The van der Waals surface area contributed by atoms with Crippen LogP contribution in [0.5, 0.6) is 11.5 Å². The molecule has 0 bridgehead atoms. The molecule has 110 valence electrons. The van der Waals surface area contributed by atoms with Crippen LogP contribution in [0, 0.1) is 0 Å². The summed E-state index contributed by atoms with van der Waals surface area (Å²) in [6, 6.07) is 3.19. The molecule has 0 atom stereocenters. The Hall–Kier alpha value is -1.77. The fourth-order valence-corrected chi connectivity index (χ4v) is 2.12. The van der Waals surface area contributed by atoms with E-state index in [4.69, 9.17) is 0 Å². The van der Waals surface area contributed by atoms with E-state index in [0.717, 1.165) is 31.2 Å². The van der Waals surface area contributed by atoms with Crippen molar-refractivity contribution < 1.29 is 15.0 Å². The molecule has 0 radical (unpaired) electrons. The van der Waals surface area contributed by atoms with Crippen LogP contribution in [0.25, 0.3) is 6.08 Å². The van der Waals surface area contributed by atoms with E-state index in [9.17, 15) is 15.0 Å². The Bertz CT molecular complexity index is 475. The number of aromatic hydroxyl groups is 2. The highest BCUT2D eigenvalue weighted by atomic mass is 16.3. The second-order valence-corrected chi connectivity index (χ2v) is 5.01. The molecule has 0 fully saturated rings. The monoisotopic (exact) mass is 276 g/mol. The fourth-order valence-electron chi connectivity index (χ4n) is 2.12. The molecule has 0 aromatic heterocycles. The molecule has 0 heterocycles. The Morgan fingerprint density at radius 1 is 1.15 bits per heavy atom. The summed E-state index contributed by atoms with van der Waals surface area (Å²) < 4.78 is 0. The Kier molecular flexibility index (Phi) is 6.85. The molecular formula is C17H24O3. The van der Waals surface area contributed by atoms with Gasteiger partial charge in [-0.25, -0.2) is 0 Å². The average molecular weight is 276 g/mol. The largest absolute Gasteiger partial charge is 0.504 e. The first-order valence-corrected chi connectivity index (χ1v) is 7.34. The van der Waals surface area contributed by atoms with Gasteiger partial charge in [0.15, 0.2) is 17.3 Å². The fraction of sp³-hybridized carbons (Fsp3) is 0.471. The Morgan fingerprint density at radius 3 is 2.55 bits per heavy atom. The topological polar surface area (TPSA) is 57.5 Å². The van der Waals surface area contributed by atoms with Gasteiger partial charge in [0, 0.05) is 12.0 Å². The normalized spacial score (nSPS) is 11.1. The van der Waals surface area contributed by atoms with E-state index in [2.05, 4.69) is 6.92 Å². The third-order valence-corrected chi connectivity index (χ3v) is 3.27. The lowest BCUT2D eigenvalue weighted by molar-refractivity contribution is -0.114. The molecule has 0 amide bonds. The summed E-state index contributed by atoms with van der Waals surface area (Å²) in [4.78, 5) is 11.7. The molecule has 0 saturated carbocycles. The first-order valence-electron chi connectivity index (χ1n) is 7.34. The number of hydrogen-bond donors (Lipinski definition) is 2. The number of carbonyl (C=O) groups is 1. The number of benzene rings is 1. The maximum atomic E-state index is 11.7. The van der Waals surface area contributed by atoms with Crippen LogP contribution in [0.1, 0.15) is 57.1 Å². The lowest BCUT2D eigenvalue weighted by atomic mass is 10.00. The summed E-state index contributed by atoms with van der Waals surface area (Å²) in [5, 5.41) is 19.4. The molecule has 2 N–H and O–H groups in total. The molecule has 1 rings (SSSR count). The summed E-state index contributed by atoms with van der Waals surface area (Å²) in [6.45, 7) is 4.11. The predicted molar refractivity (Wildman–Crippen MR) is 81.9 cm³/mol. The van der Waals surface area contributed by atoms with Crippen LogP contribution in [0.2, 0.25) is 0 Å². The predicted octanol–water partition coefficient (Wildman–Crippen LogP) is 4.21. The molecular weight excluding hydrogens is 252 g/mol. The number of hydrogen-bond acceptors (Lipinski definition) is 3. The Labute approximate surface area is 121 Å². The van der Waals surface area contributed by atoms with Gasteiger partial charge in [-0.1, -0.05) is 45.3 Å². The van der Waals surface area contributed by atoms with Gasteiger partial charge in [-0.2, -0.15) is 0 Å². The summed E-state index contributed by atoms with van der Waals surface area (Å²) in [6.07, 6.45) is 8.50. The lowest BCUT2D eigenvalue weighted by Crippen LogP contribution is -1.94. The lowest BCUT2D eigenvalue weighted by Gasteiger charge is -2.09. The zero-order valence-electron chi connectivity index (χ0n) is 12.4. The van der Waals surface area contributed by atoms with Crippen molar-refractivity contribution in [1.29, 1.82) is 0 Å². The van der Waals surface area contributed by atoms with E-state index in [1.807, 2.05) is 6.92 Å². The number of carbonyl (C=O) groups excluding carboxylic acids is 1. The molecule has 1 aromatic carbocycles. The maximum Gasteiger partial charge on any atom is 0.161 e. The van der Waals surface area contributed by atoms with E-state index < -0.39 is 0 Å². The van der Waals surface area contributed by atoms with Crippen LogP contribution in [0.3, 0.4) is 0 Å². The Balaban J connectivity index is 2.81. The van der Waals surface area contributed by atoms with Gasteiger partial charge in [-0.3, -0.25) is 4.79 Å². The van der Waals surface area contributed by atoms with Crippen molar-refractivity contribution >= 4 is 11.9 Å². The average Bonchev–Trinajstić information content (AvgIpc) is 2.43. The van der Waals surface area contributed by atoms with Crippen LogP contribution in [-0.2, 0) is 11.2 Å². The second kappa shape index (κ2) is 8.41. The van der Waals surface area contributed by atoms with Crippen LogP contribution < -0.4 is 0 Å². The third kappa shape index (κ3) is 4.72. The van der Waals surface area contributed by atoms with Crippen LogP contribution in [0.4, 0.5) is 0 Å². The van der Waals surface area contributed by atoms with Gasteiger partial charge in [-0.15, -0.1) is 0 Å². The first kappa shape index (κ1) is 16.3. The van der Waals surface area contributed by atoms with Crippen molar-refractivity contribution in [1.82, 2.24) is 0 Å². The number of phenolic OH excluding ortho intramolecular Hbond substituents is 2. The number of rotatable bonds is 8. The summed E-state index contributed by atoms with van der Waals surface area (Å²) in [5.74, 6) is -0.0826. The van der Waals surface area contributed by atoms with Gasteiger partial charge in [0.2, 0.25) is 0 Å². The molecule has 0 spiro atoms. The molecule has 0 aliphatic heterocycles. The third-order valence-electron chi connectivity index (χ3n) is 3.27. The van der Waals surface area contributed by atoms with Crippen molar-refractivity contribution in [3.63, 3.8) is 0 Å². The van der Waals surface area contributed by atoms with E-state index in [1.54, 1.807) is 18.2 Å². The SMILES string of the molecule is CCCCCC(=O)C=Cc1ccc(O)c(O)c1CCC. The van der Waals surface area contributed by atoms with E-state index in [1.165, 1.54) is 6.07 Å². The Morgan fingerprint density at radius 2 is 1.90 bits per heavy atom. The van der Waals surface area contributed by atoms with Gasteiger partial charge in [0.25, 0.3) is 0 Å². The minimum Gasteiger partial charge on any atom is -0.504 e. The van der Waals surface area contributed by atoms with Crippen LogP contribution >= 0.6 is 0 Å². The zero-order valence-corrected chi connectivity index (χ0v) is 12.4. The summed E-state index contributed by atoms with van der Waals surface area (Å²) >= 11 is 0. The number of ketones is 1. The molecule has 3 nitrogen and oxygen atoms in total. The molecule has 20 heavy (non-hydrogen) atoms. The standard InChI is InChI=1S/C17H24O3/c1-3-5-6-8-14(18)11-9-13-10-12-16(19)17(20)15(13)7-4-2/h9-12,19-20H,3-8H2,1-2H3. The first-order chi connectivity index (χ1) is 9.60. The van der Waals surface area contributed by atoms with Crippen molar-refractivity contribution in [2.75, 3.05) is 0 Å². The van der Waals surface area contributed by atoms with Gasteiger partial charge in [0.1, 0.15) is 0 Å². The maximum absolute atomic E-state index is 11.7. The highest BCUT2D eigenvalue weighted by Gasteiger charge is 2.09. The highest BCUT2D eigenvalue weighted by molar-refractivity contribution is 5.93. The summed E-state index contributed by atoms with van der Waals surface area (Å²) in [5.41, 5.74) is 1.50. The van der Waals surface area contributed by atoms with Crippen molar-refractivity contribution in [3.05, 3.63) is 29.3 Å². The van der Waals surface area contributed by atoms with Crippen molar-refractivity contribution in [2.24, 2.45) is 0 Å². The van der Waals surface area contributed by atoms with E-state index in [-0.39, 0.29) is 17.3 Å². The number of allylic oxidation sites excluding steroid dienone is 1. The van der Waals surface area contributed by atoms with Gasteiger partial charge < -0.3 is 10.2 Å². The second-order valence-electron chi connectivity index (χ2n) is 5.01. The molecule has 0 aliphatic carbocycles. The summed E-state index contributed by atoms with van der Waals surface area (Å²) in [7, 11) is 0. The van der Waals surface area contributed by atoms with Crippen molar-refractivity contribution in [2.45, 2.75) is 52.4 Å². The molecule has 0 unspecified atom stereocenters. The highest BCUT2D eigenvalue weighted by Crippen LogP contribution is 2.32. The smallest absolute Gasteiger partial charge is 0.161 e.